The lowest BCUT2D eigenvalue weighted by Crippen LogP contribution is -2.54. The molecule has 1 aliphatic heterocycles. The van der Waals surface area contributed by atoms with Gasteiger partial charge in [0, 0.05) is 13.7 Å². The smallest absolute Gasteiger partial charge is 0.270 e. The molecule has 0 bridgehead atoms. The highest BCUT2D eigenvalue weighted by atomic mass is 35.5. The van der Waals surface area contributed by atoms with Crippen LogP contribution in [0.4, 0.5) is 0 Å². The summed E-state index contributed by atoms with van der Waals surface area (Å²) in [7, 11) is 1.65. The van der Waals surface area contributed by atoms with E-state index in [2.05, 4.69) is 15.6 Å². The number of halogens is 1. The summed E-state index contributed by atoms with van der Waals surface area (Å²) in [5.74, 6) is -0.216. The maximum atomic E-state index is 11.9. The van der Waals surface area contributed by atoms with E-state index < -0.39 is 0 Å². The first-order chi connectivity index (χ1) is 8.70. The van der Waals surface area contributed by atoms with Gasteiger partial charge in [-0.1, -0.05) is 0 Å². The van der Waals surface area contributed by atoms with Gasteiger partial charge < -0.3 is 20.5 Å². The molecule has 2 atom stereocenters. The van der Waals surface area contributed by atoms with E-state index in [1.807, 2.05) is 0 Å². The minimum Gasteiger partial charge on any atom is -0.506 e. The van der Waals surface area contributed by atoms with Crippen molar-refractivity contribution in [2.24, 2.45) is 0 Å². The van der Waals surface area contributed by atoms with Crippen LogP contribution in [0.5, 0.6) is 5.75 Å². The van der Waals surface area contributed by atoms with E-state index in [1.165, 1.54) is 18.3 Å². The third-order valence-electron chi connectivity index (χ3n) is 3.02. The Kier molecular flexibility index (Phi) is 6.01. The largest absolute Gasteiger partial charge is 0.506 e. The zero-order valence-corrected chi connectivity index (χ0v) is 11.4. The van der Waals surface area contributed by atoms with Crippen LogP contribution in [-0.4, -0.2) is 48.3 Å². The fourth-order valence-corrected chi connectivity index (χ4v) is 2.02. The molecule has 3 N–H and O–H groups in total. The van der Waals surface area contributed by atoms with Crippen LogP contribution < -0.4 is 10.6 Å². The van der Waals surface area contributed by atoms with Crippen LogP contribution >= 0.6 is 12.4 Å². The molecule has 106 valence electrons. The monoisotopic (exact) mass is 287 g/mol. The molecular formula is C12H18ClN3O3. The summed E-state index contributed by atoms with van der Waals surface area (Å²) in [6.07, 6.45) is 2.14. The molecule has 1 aliphatic rings. The summed E-state index contributed by atoms with van der Waals surface area (Å²) >= 11 is 0. The second-order valence-electron chi connectivity index (χ2n) is 4.25. The van der Waals surface area contributed by atoms with Gasteiger partial charge in [0.2, 0.25) is 0 Å². The molecule has 1 amide bonds. The number of methoxy groups -OCH3 is 1. The van der Waals surface area contributed by atoms with Crippen molar-refractivity contribution in [2.75, 3.05) is 20.2 Å². The number of rotatable bonds is 3. The van der Waals surface area contributed by atoms with Gasteiger partial charge in [-0.2, -0.15) is 0 Å². The standard InChI is InChI=1S/C12H17N3O3.ClH/c1-18-11-4-5-13-7-10(11)15-12(17)9-3-2-8(16)6-14-9;/h2-3,6,10-11,13,16H,4-5,7H2,1H3,(H,15,17);1H/t10-,11+;/m0./s1. The highest BCUT2D eigenvalue weighted by Crippen LogP contribution is 2.09. The summed E-state index contributed by atoms with van der Waals surface area (Å²) in [5, 5.41) is 15.2. The van der Waals surface area contributed by atoms with Crippen molar-refractivity contribution in [1.82, 2.24) is 15.6 Å². The Hall–Kier alpha value is -1.37. The fraction of sp³-hybridized carbons (Fsp3) is 0.500. The van der Waals surface area contributed by atoms with E-state index in [4.69, 9.17) is 9.84 Å². The van der Waals surface area contributed by atoms with Crippen LogP contribution in [0.2, 0.25) is 0 Å². The lowest BCUT2D eigenvalue weighted by atomic mass is 10.0. The van der Waals surface area contributed by atoms with Crippen LogP contribution in [0.15, 0.2) is 18.3 Å². The number of amides is 1. The molecule has 1 saturated heterocycles. The highest BCUT2D eigenvalue weighted by molar-refractivity contribution is 5.92. The lowest BCUT2D eigenvalue weighted by molar-refractivity contribution is 0.0446. The van der Waals surface area contributed by atoms with Crippen molar-refractivity contribution >= 4 is 18.3 Å². The SMILES string of the molecule is CO[C@@H]1CCNC[C@@H]1NC(=O)c1ccc(O)cn1.Cl. The lowest BCUT2D eigenvalue weighted by Gasteiger charge is -2.31. The molecular weight excluding hydrogens is 270 g/mol. The fourth-order valence-electron chi connectivity index (χ4n) is 2.02. The molecule has 6 nitrogen and oxygen atoms in total. The van der Waals surface area contributed by atoms with Crippen molar-refractivity contribution in [3.63, 3.8) is 0 Å². The van der Waals surface area contributed by atoms with Crippen molar-refractivity contribution in [3.05, 3.63) is 24.0 Å². The Bertz CT molecular complexity index is 413. The van der Waals surface area contributed by atoms with Gasteiger partial charge in [0.1, 0.15) is 11.4 Å². The Morgan fingerprint density at radius 2 is 2.37 bits per heavy atom. The molecule has 1 fully saturated rings. The number of aromatic hydroxyl groups is 1. The predicted octanol–water partition coefficient (Wildman–Crippen LogP) is 0.316. The molecule has 0 saturated carbocycles. The zero-order chi connectivity index (χ0) is 13.0. The van der Waals surface area contributed by atoms with Gasteiger partial charge in [-0.05, 0) is 25.1 Å². The van der Waals surface area contributed by atoms with E-state index in [-0.39, 0.29) is 41.9 Å². The van der Waals surface area contributed by atoms with Gasteiger partial charge >= 0.3 is 0 Å². The summed E-state index contributed by atoms with van der Waals surface area (Å²) in [6.45, 7) is 1.57. The summed E-state index contributed by atoms with van der Waals surface area (Å²) < 4.78 is 5.34. The molecule has 2 rings (SSSR count). The second kappa shape index (κ2) is 7.28. The first kappa shape index (κ1) is 15.7. The quantitative estimate of drug-likeness (QED) is 0.745. The number of pyridine rings is 1. The van der Waals surface area contributed by atoms with E-state index in [1.54, 1.807) is 7.11 Å². The van der Waals surface area contributed by atoms with Gasteiger partial charge in [0.25, 0.3) is 5.91 Å². The van der Waals surface area contributed by atoms with Crippen LogP contribution in [0.3, 0.4) is 0 Å². The number of carbonyl (C=O) groups is 1. The number of hydrogen-bond acceptors (Lipinski definition) is 5. The number of aromatic nitrogens is 1. The molecule has 0 unspecified atom stereocenters. The Morgan fingerprint density at radius 1 is 1.58 bits per heavy atom. The molecule has 7 heteroatoms. The Morgan fingerprint density at radius 3 is 3.00 bits per heavy atom. The molecule has 1 aromatic heterocycles. The first-order valence-electron chi connectivity index (χ1n) is 5.90. The third kappa shape index (κ3) is 4.05. The molecule has 0 aliphatic carbocycles. The summed E-state index contributed by atoms with van der Waals surface area (Å²) in [5.41, 5.74) is 0.285. The molecule has 19 heavy (non-hydrogen) atoms. The normalized spacial score (nSPS) is 22.4. The molecule has 1 aromatic rings. The maximum Gasteiger partial charge on any atom is 0.270 e. The van der Waals surface area contributed by atoms with Gasteiger partial charge in [-0.3, -0.25) is 4.79 Å². The average Bonchev–Trinajstić information content (AvgIpc) is 2.40. The van der Waals surface area contributed by atoms with Crippen LogP contribution in [-0.2, 0) is 4.74 Å². The van der Waals surface area contributed by atoms with Crippen molar-refractivity contribution in [1.29, 1.82) is 0 Å². The van der Waals surface area contributed by atoms with Crippen molar-refractivity contribution < 1.29 is 14.6 Å². The van der Waals surface area contributed by atoms with Crippen molar-refractivity contribution in [2.45, 2.75) is 18.6 Å². The number of carbonyl (C=O) groups excluding carboxylic acids is 1. The maximum absolute atomic E-state index is 11.9. The van der Waals surface area contributed by atoms with E-state index in [9.17, 15) is 4.79 Å². The van der Waals surface area contributed by atoms with Crippen molar-refractivity contribution in [3.8, 4) is 5.75 Å². The van der Waals surface area contributed by atoms with Crippen LogP contribution in [0, 0.1) is 0 Å². The van der Waals surface area contributed by atoms with Gasteiger partial charge in [-0.15, -0.1) is 12.4 Å². The highest BCUT2D eigenvalue weighted by Gasteiger charge is 2.26. The predicted molar refractivity (Wildman–Crippen MR) is 72.7 cm³/mol. The third-order valence-corrected chi connectivity index (χ3v) is 3.02. The Balaban J connectivity index is 0.00000180. The first-order valence-corrected chi connectivity index (χ1v) is 5.90. The zero-order valence-electron chi connectivity index (χ0n) is 10.6. The summed E-state index contributed by atoms with van der Waals surface area (Å²) in [6, 6.07) is 2.87. The van der Waals surface area contributed by atoms with Gasteiger partial charge in [0.15, 0.2) is 0 Å². The second-order valence-corrected chi connectivity index (χ2v) is 4.25. The van der Waals surface area contributed by atoms with E-state index in [0.717, 1.165) is 13.0 Å². The summed E-state index contributed by atoms with van der Waals surface area (Å²) in [4.78, 5) is 15.8. The molecule has 0 radical (unpaired) electrons. The minimum absolute atomic E-state index is 0. The number of ether oxygens (including phenoxy) is 1. The number of hydrogen-bond donors (Lipinski definition) is 3. The van der Waals surface area contributed by atoms with E-state index in [0.29, 0.717) is 6.54 Å². The molecule has 0 aromatic carbocycles. The van der Waals surface area contributed by atoms with Crippen LogP contribution in [0.1, 0.15) is 16.9 Å². The van der Waals surface area contributed by atoms with E-state index >= 15 is 0 Å². The minimum atomic E-state index is -0.259. The molecule has 0 spiro atoms. The molecule has 2 heterocycles. The number of nitrogens with one attached hydrogen (secondary N) is 2. The van der Waals surface area contributed by atoms with Crippen LogP contribution in [0.25, 0.3) is 0 Å². The van der Waals surface area contributed by atoms with Gasteiger partial charge in [0.05, 0.1) is 18.3 Å². The number of nitrogens with zero attached hydrogens (tertiary/aromatic N) is 1. The van der Waals surface area contributed by atoms with Gasteiger partial charge in [-0.25, -0.2) is 4.98 Å². The number of piperidine rings is 1. The average molecular weight is 288 g/mol. The Labute approximate surface area is 118 Å². The topological polar surface area (TPSA) is 83.5 Å².